The number of rotatable bonds is 5. The molecular formula is C28H19Cl2F3N2O4S. The van der Waals surface area contributed by atoms with Gasteiger partial charge in [-0.3, -0.25) is 9.36 Å². The Bertz CT molecular complexity index is 1840. The lowest BCUT2D eigenvalue weighted by Gasteiger charge is -2.26. The zero-order valence-corrected chi connectivity index (χ0v) is 23.2. The molecule has 1 aliphatic heterocycles. The third kappa shape index (κ3) is 5.26. The van der Waals surface area contributed by atoms with E-state index in [9.17, 15) is 22.8 Å². The molecule has 6 nitrogen and oxygen atoms in total. The third-order valence-corrected chi connectivity index (χ3v) is 7.62. The summed E-state index contributed by atoms with van der Waals surface area (Å²) < 4.78 is 54.7. The lowest BCUT2D eigenvalue weighted by molar-refractivity contribution is -0.140. The fourth-order valence-electron chi connectivity index (χ4n) is 4.36. The minimum absolute atomic E-state index is 0.0630. The van der Waals surface area contributed by atoms with Gasteiger partial charge in [-0.25, -0.2) is 9.79 Å². The maximum absolute atomic E-state index is 14.2. The van der Waals surface area contributed by atoms with Gasteiger partial charge in [0.05, 0.1) is 22.8 Å². The Morgan fingerprint density at radius 1 is 1.12 bits per heavy atom. The molecule has 2 aromatic carbocycles. The van der Waals surface area contributed by atoms with Crippen molar-refractivity contribution >= 4 is 46.6 Å². The molecule has 206 valence electrons. The van der Waals surface area contributed by atoms with Gasteiger partial charge in [-0.05, 0) is 61.4 Å². The number of hydrogen-bond acceptors (Lipinski definition) is 6. The summed E-state index contributed by atoms with van der Waals surface area (Å²) in [5, 5.41) is 0.851. The molecule has 0 N–H and O–H groups in total. The van der Waals surface area contributed by atoms with Crippen molar-refractivity contribution < 1.29 is 27.1 Å². The summed E-state index contributed by atoms with van der Waals surface area (Å²) in [5.41, 5.74) is -0.955. The van der Waals surface area contributed by atoms with E-state index >= 15 is 0 Å². The smallest absolute Gasteiger partial charge is 0.434 e. The molecule has 12 heteroatoms. The Kier molecular flexibility index (Phi) is 7.52. The first-order valence-corrected chi connectivity index (χ1v) is 13.5. The Hall–Kier alpha value is -3.60. The largest absolute Gasteiger partial charge is 0.463 e. The number of ether oxygens (including phenoxy) is 1. The van der Waals surface area contributed by atoms with E-state index in [0.29, 0.717) is 21.6 Å². The van der Waals surface area contributed by atoms with E-state index in [-0.39, 0.29) is 21.5 Å². The molecule has 1 atom stereocenters. The lowest BCUT2D eigenvalue weighted by atomic mass is 9.95. The SMILES string of the molecule is CCOC(=O)C1=C(C(F)(F)F)N=c2s/c(=C\c3ccc(-c4cc(Cl)ccc4C)o3)c(=O)n2[C@@H]1c1ccc(Cl)cc1. The van der Waals surface area contributed by atoms with Crippen LogP contribution in [0.3, 0.4) is 0 Å². The summed E-state index contributed by atoms with van der Waals surface area (Å²) in [4.78, 5) is 30.1. The van der Waals surface area contributed by atoms with Crippen LogP contribution in [0, 0.1) is 6.92 Å². The number of aromatic nitrogens is 1. The monoisotopic (exact) mass is 606 g/mol. The van der Waals surface area contributed by atoms with Crippen LogP contribution in [0.25, 0.3) is 17.4 Å². The predicted octanol–water partition coefficient (Wildman–Crippen LogP) is 6.22. The van der Waals surface area contributed by atoms with E-state index in [4.69, 9.17) is 32.4 Å². The fourth-order valence-corrected chi connectivity index (χ4v) is 5.64. The minimum atomic E-state index is -4.99. The van der Waals surface area contributed by atoms with E-state index in [2.05, 4.69) is 4.99 Å². The number of furan rings is 1. The Balaban J connectivity index is 1.71. The molecule has 0 bridgehead atoms. The summed E-state index contributed by atoms with van der Waals surface area (Å²) in [6.07, 6.45) is -3.57. The van der Waals surface area contributed by atoms with Gasteiger partial charge in [0.15, 0.2) is 10.5 Å². The number of esters is 1. The van der Waals surface area contributed by atoms with E-state index in [0.717, 1.165) is 27.0 Å². The summed E-state index contributed by atoms with van der Waals surface area (Å²) in [6.45, 7) is 3.20. The second-order valence-electron chi connectivity index (χ2n) is 8.78. The Morgan fingerprint density at radius 2 is 1.82 bits per heavy atom. The van der Waals surface area contributed by atoms with Crippen molar-refractivity contribution in [1.82, 2.24) is 4.57 Å². The van der Waals surface area contributed by atoms with E-state index in [1.165, 1.54) is 37.3 Å². The number of carbonyl (C=O) groups is 1. The zero-order chi connectivity index (χ0) is 28.8. The molecule has 0 aliphatic carbocycles. The Labute approximate surface area is 239 Å². The molecule has 0 amide bonds. The van der Waals surface area contributed by atoms with Gasteiger partial charge >= 0.3 is 12.1 Å². The number of benzene rings is 2. The Morgan fingerprint density at radius 3 is 2.50 bits per heavy atom. The van der Waals surface area contributed by atoms with Gasteiger partial charge in [-0.15, -0.1) is 0 Å². The van der Waals surface area contributed by atoms with Gasteiger partial charge in [-0.2, -0.15) is 13.2 Å². The van der Waals surface area contributed by atoms with Crippen LogP contribution in [0.4, 0.5) is 13.2 Å². The molecule has 0 fully saturated rings. The maximum Gasteiger partial charge on any atom is 0.434 e. The normalized spacial score (nSPS) is 15.7. The molecule has 0 spiro atoms. The first kappa shape index (κ1) is 27.9. The minimum Gasteiger partial charge on any atom is -0.463 e. The quantitative estimate of drug-likeness (QED) is 0.253. The van der Waals surface area contributed by atoms with E-state index in [1.54, 1.807) is 24.3 Å². The molecule has 5 rings (SSSR count). The average Bonchev–Trinajstić information content (AvgIpc) is 3.49. The van der Waals surface area contributed by atoms with Crippen LogP contribution >= 0.6 is 34.5 Å². The number of hydrogen-bond donors (Lipinski definition) is 0. The lowest BCUT2D eigenvalue weighted by Crippen LogP contribution is -2.41. The van der Waals surface area contributed by atoms with Gasteiger partial charge < -0.3 is 9.15 Å². The third-order valence-electron chi connectivity index (χ3n) is 6.15. The topological polar surface area (TPSA) is 73.8 Å². The van der Waals surface area contributed by atoms with Crippen molar-refractivity contribution in [3.05, 3.63) is 112 Å². The first-order valence-electron chi connectivity index (χ1n) is 11.9. The standard InChI is InChI=1S/C28H19Cl2F3N2O4S/c1-3-38-26(37)22-23(15-5-8-16(29)9-6-15)35-25(36)21(40-27(35)34-24(22)28(31,32)33)13-18-10-11-20(39-18)19-12-17(30)7-4-14(19)2/h4-13,23H,3H2,1-2H3/b21-13-/t23-/m1/s1. The van der Waals surface area contributed by atoms with Crippen LogP contribution in [-0.4, -0.2) is 23.3 Å². The molecule has 40 heavy (non-hydrogen) atoms. The highest BCUT2D eigenvalue weighted by Crippen LogP contribution is 2.38. The van der Waals surface area contributed by atoms with E-state index in [1.807, 2.05) is 13.0 Å². The first-order chi connectivity index (χ1) is 19.0. The van der Waals surface area contributed by atoms with Crippen LogP contribution in [0.15, 0.2) is 80.1 Å². The van der Waals surface area contributed by atoms with Crippen molar-refractivity contribution in [3.63, 3.8) is 0 Å². The van der Waals surface area contributed by atoms with Crippen LogP contribution < -0.4 is 14.9 Å². The maximum atomic E-state index is 14.2. The van der Waals surface area contributed by atoms with Crippen LogP contribution in [0.2, 0.25) is 10.0 Å². The molecule has 1 aliphatic rings. The molecule has 0 unspecified atom stereocenters. The number of aryl methyl sites for hydroxylation is 1. The van der Waals surface area contributed by atoms with Crippen molar-refractivity contribution in [2.45, 2.75) is 26.1 Å². The van der Waals surface area contributed by atoms with Crippen molar-refractivity contribution in [3.8, 4) is 11.3 Å². The highest BCUT2D eigenvalue weighted by molar-refractivity contribution is 7.07. The van der Waals surface area contributed by atoms with Gasteiger partial charge in [-0.1, -0.05) is 52.7 Å². The molecular weight excluding hydrogens is 588 g/mol. The van der Waals surface area contributed by atoms with Crippen LogP contribution in [0.5, 0.6) is 0 Å². The number of halogens is 5. The van der Waals surface area contributed by atoms with Crippen molar-refractivity contribution in [2.75, 3.05) is 6.61 Å². The number of carbonyl (C=O) groups excluding carboxylic acids is 1. The number of thiazole rings is 1. The fraction of sp³-hybridized carbons (Fsp3) is 0.179. The zero-order valence-electron chi connectivity index (χ0n) is 20.9. The summed E-state index contributed by atoms with van der Waals surface area (Å²) >= 11 is 12.9. The number of allylic oxidation sites excluding steroid dienone is 1. The molecule has 4 aromatic rings. The van der Waals surface area contributed by atoms with Crippen molar-refractivity contribution in [2.24, 2.45) is 4.99 Å². The molecule has 0 radical (unpaired) electrons. The molecule has 2 aromatic heterocycles. The summed E-state index contributed by atoms with van der Waals surface area (Å²) in [5.74, 6) is -0.425. The summed E-state index contributed by atoms with van der Waals surface area (Å²) in [7, 11) is 0. The number of nitrogens with zero attached hydrogens (tertiary/aromatic N) is 2. The summed E-state index contributed by atoms with van der Waals surface area (Å²) in [6, 6.07) is 13.1. The number of alkyl halides is 3. The second-order valence-corrected chi connectivity index (χ2v) is 10.7. The molecule has 0 saturated heterocycles. The second kappa shape index (κ2) is 10.8. The van der Waals surface area contributed by atoms with Gasteiger partial charge in [0.1, 0.15) is 11.5 Å². The van der Waals surface area contributed by atoms with Gasteiger partial charge in [0.2, 0.25) is 0 Å². The molecule has 0 saturated carbocycles. The highest BCUT2D eigenvalue weighted by Gasteiger charge is 2.45. The predicted molar refractivity (Wildman–Crippen MR) is 146 cm³/mol. The van der Waals surface area contributed by atoms with Crippen LogP contribution in [0.1, 0.15) is 29.9 Å². The van der Waals surface area contributed by atoms with E-state index < -0.39 is 35.0 Å². The average molecular weight is 607 g/mol. The van der Waals surface area contributed by atoms with Crippen molar-refractivity contribution in [1.29, 1.82) is 0 Å². The van der Waals surface area contributed by atoms with Crippen LogP contribution in [-0.2, 0) is 9.53 Å². The number of fused-ring (bicyclic) bond motifs is 1. The molecule has 3 heterocycles. The van der Waals surface area contributed by atoms with Gasteiger partial charge in [0, 0.05) is 21.7 Å². The highest BCUT2D eigenvalue weighted by atomic mass is 35.5. The van der Waals surface area contributed by atoms with Gasteiger partial charge in [0.25, 0.3) is 5.56 Å².